The Labute approximate surface area is 115 Å². The van der Waals surface area contributed by atoms with Crippen molar-refractivity contribution in [3.8, 4) is 0 Å². The van der Waals surface area contributed by atoms with E-state index in [1.807, 2.05) is 25.1 Å². The molecule has 0 bridgehead atoms. The largest absolute Gasteiger partial charge is 0.360 e. The van der Waals surface area contributed by atoms with Crippen LogP contribution >= 0.6 is 11.3 Å². The van der Waals surface area contributed by atoms with Crippen molar-refractivity contribution in [2.45, 2.75) is 13.3 Å². The fourth-order valence-corrected chi connectivity index (χ4v) is 2.19. The van der Waals surface area contributed by atoms with Crippen LogP contribution in [0.1, 0.15) is 22.4 Å². The number of nitrogens with zero attached hydrogens (tertiary/aromatic N) is 3. The highest BCUT2D eigenvalue weighted by atomic mass is 32.1. The van der Waals surface area contributed by atoms with Gasteiger partial charge in [0.2, 0.25) is 10.1 Å². The van der Waals surface area contributed by atoms with Crippen LogP contribution in [0.25, 0.3) is 0 Å². The minimum Gasteiger partial charge on any atom is -0.360 e. The zero-order chi connectivity index (χ0) is 13.5. The lowest BCUT2D eigenvalue weighted by atomic mass is 10.3. The van der Waals surface area contributed by atoms with Crippen LogP contribution in [0.15, 0.2) is 24.4 Å². The third-order valence-corrected chi connectivity index (χ3v) is 3.22. The summed E-state index contributed by atoms with van der Waals surface area (Å²) in [4.78, 5) is 16.0. The zero-order valence-corrected chi connectivity index (χ0v) is 11.4. The molecule has 7 heteroatoms. The summed E-state index contributed by atoms with van der Waals surface area (Å²) in [5.41, 5.74) is 0.952. The van der Waals surface area contributed by atoms with E-state index in [4.69, 9.17) is 0 Å². The summed E-state index contributed by atoms with van der Waals surface area (Å²) in [5.74, 6) is -0.197. The summed E-state index contributed by atoms with van der Waals surface area (Å²) >= 11 is 1.25. The molecular weight excluding hydrogens is 262 g/mol. The highest BCUT2D eigenvalue weighted by Crippen LogP contribution is 2.14. The molecule has 0 atom stereocenters. The molecule has 0 aliphatic heterocycles. The van der Waals surface area contributed by atoms with Crippen molar-refractivity contribution in [3.05, 3.63) is 35.1 Å². The molecule has 100 valence electrons. The van der Waals surface area contributed by atoms with Crippen molar-refractivity contribution in [2.24, 2.45) is 0 Å². The molecule has 2 aromatic heterocycles. The Bertz CT molecular complexity index is 528. The molecule has 0 fully saturated rings. The number of aromatic nitrogens is 3. The van der Waals surface area contributed by atoms with Crippen molar-refractivity contribution in [2.75, 3.05) is 18.4 Å². The summed E-state index contributed by atoms with van der Waals surface area (Å²) in [7, 11) is 0. The van der Waals surface area contributed by atoms with Gasteiger partial charge in [-0.15, -0.1) is 10.2 Å². The fourth-order valence-electron chi connectivity index (χ4n) is 1.46. The molecule has 1 amide bonds. The summed E-state index contributed by atoms with van der Waals surface area (Å²) in [6.45, 7) is 3.26. The lowest BCUT2D eigenvalue weighted by molar-refractivity contribution is 0.0953. The first-order chi connectivity index (χ1) is 9.29. The number of rotatable bonds is 6. The molecule has 0 aliphatic carbocycles. The van der Waals surface area contributed by atoms with E-state index < -0.39 is 0 Å². The van der Waals surface area contributed by atoms with Gasteiger partial charge in [0.1, 0.15) is 0 Å². The molecule has 2 rings (SSSR count). The van der Waals surface area contributed by atoms with E-state index in [9.17, 15) is 4.79 Å². The zero-order valence-electron chi connectivity index (χ0n) is 10.6. The second kappa shape index (κ2) is 6.79. The molecule has 0 saturated heterocycles. The van der Waals surface area contributed by atoms with Gasteiger partial charge in [-0.1, -0.05) is 17.4 Å². The lowest BCUT2D eigenvalue weighted by Crippen LogP contribution is -2.25. The minimum atomic E-state index is -0.197. The number of hydrogen-bond acceptors (Lipinski definition) is 6. The monoisotopic (exact) mass is 277 g/mol. The number of nitrogens with one attached hydrogen (secondary N) is 2. The van der Waals surface area contributed by atoms with Gasteiger partial charge < -0.3 is 10.6 Å². The van der Waals surface area contributed by atoms with Crippen LogP contribution in [0, 0.1) is 0 Å². The molecule has 0 spiro atoms. The smallest absolute Gasteiger partial charge is 0.282 e. The van der Waals surface area contributed by atoms with Crippen LogP contribution in [0.4, 0.5) is 5.13 Å². The van der Waals surface area contributed by atoms with Crippen molar-refractivity contribution in [1.29, 1.82) is 0 Å². The maximum atomic E-state index is 11.8. The van der Waals surface area contributed by atoms with Gasteiger partial charge in [0, 0.05) is 31.4 Å². The van der Waals surface area contributed by atoms with Crippen LogP contribution in [0.3, 0.4) is 0 Å². The molecule has 2 aromatic rings. The molecule has 0 saturated carbocycles. The van der Waals surface area contributed by atoms with Crippen LogP contribution in [-0.2, 0) is 6.42 Å². The normalized spacial score (nSPS) is 10.2. The van der Waals surface area contributed by atoms with E-state index in [-0.39, 0.29) is 5.91 Å². The molecule has 0 unspecified atom stereocenters. The van der Waals surface area contributed by atoms with E-state index >= 15 is 0 Å². The van der Waals surface area contributed by atoms with Crippen LogP contribution in [0.2, 0.25) is 0 Å². The van der Waals surface area contributed by atoms with Crippen LogP contribution in [-0.4, -0.2) is 34.2 Å². The van der Waals surface area contributed by atoms with Gasteiger partial charge in [-0.05, 0) is 19.1 Å². The Morgan fingerprint density at radius 1 is 1.37 bits per heavy atom. The Morgan fingerprint density at radius 3 is 3.00 bits per heavy atom. The second-order valence-electron chi connectivity index (χ2n) is 3.77. The van der Waals surface area contributed by atoms with E-state index in [0.717, 1.165) is 12.2 Å². The van der Waals surface area contributed by atoms with Crippen molar-refractivity contribution < 1.29 is 4.79 Å². The molecule has 2 heterocycles. The third kappa shape index (κ3) is 3.99. The Morgan fingerprint density at radius 2 is 2.26 bits per heavy atom. The van der Waals surface area contributed by atoms with Gasteiger partial charge in [-0.2, -0.15) is 0 Å². The highest BCUT2D eigenvalue weighted by molar-refractivity contribution is 7.17. The van der Waals surface area contributed by atoms with Gasteiger partial charge in [0.05, 0.1) is 0 Å². The number of pyridine rings is 1. The maximum absolute atomic E-state index is 11.8. The van der Waals surface area contributed by atoms with Gasteiger partial charge in [-0.3, -0.25) is 9.78 Å². The topological polar surface area (TPSA) is 79.8 Å². The first kappa shape index (κ1) is 13.4. The fraction of sp³-hybridized carbons (Fsp3) is 0.333. The van der Waals surface area contributed by atoms with Crippen molar-refractivity contribution in [1.82, 2.24) is 20.5 Å². The quantitative estimate of drug-likeness (QED) is 0.833. The molecular formula is C12H15N5OS. The summed E-state index contributed by atoms with van der Waals surface area (Å²) in [6.07, 6.45) is 2.44. The number of amides is 1. The van der Waals surface area contributed by atoms with E-state index in [1.54, 1.807) is 6.20 Å². The van der Waals surface area contributed by atoms with Gasteiger partial charge in [0.25, 0.3) is 5.91 Å². The average Bonchev–Trinajstić information content (AvgIpc) is 2.89. The minimum absolute atomic E-state index is 0.197. The van der Waals surface area contributed by atoms with Gasteiger partial charge >= 0.3 is 0 Å². The predicted molar refractivity (Wildman–Crippen MR) is 74.3 cm³/mol. The molecule has 0 aliphatic rings. The summed E-state index contributed by atoms with van der Waals surface area (Å²) < 4.78 is 0. The van der Waals surface area contributed by atoms with Crippen LogP contribution in [0.5, 0.6) is 0 Å². The number of carbonyl (C=O) groups is 1. The second-order valence-corrected chi connectivity index (χ2v) is 4.75. The Balaban J connectivity index is 1.80. The molecule has 0 aromatic carbocycles. The molecule has 0 radical (unpaired) electrons. The molecule has 19 heavy (non-hydrogen) atoms. The van der Waals surface area contributed by atoms with E-state index in [1.165, 1.54) is 11.3 Å². The van der Waals surface area contributed by atoms with E-state index in [0.29, 0.717) is 23.1 Å². The predicted octanol–water partition coefficient (Wildman–Crippen LogP) is 1.34. The SMILES string of the molecule is CCNc1nnc(C(=O)NCCc2ccccn2)s1. The third-order valence-electron chi connectivity index (χ3n) is 2.34. The average molecular weight is 277 g/mol. The standard InChI is InChI=1S/C12H15N5OS/c1-2-13-12-17-16-11(19-12)10(18)15-8-6-9-5-3-4-7-14-9/h3-5,7H,2,6,8H2,1H3,(H,13,17)(H,15,18). The lowest BCUT2D eigenvalue weighted by Gasteiger charge is -2.01. The summed E-state index contributed by atoms with van der Waals surface area (Å²) in [6, 6.07) is 5.73. The Kier molecular flexibility index (Phi) is 4.79. The molecule has 6 nitrogen and oxygen atoms in total. The molecule has 2 N–H and O–H groups in total. The van der Waals surface area contributed by atoms with Gasteiger partial charge in [0.15, 0.2) is 0 Å². The number of carbonyl (C=O) groups excluding carboxylic acids is 1. The van der Waals surface area contributed by atoms with E-state index in [2.05, 4.69) is 25.8 Å². The Hall–Kier alpha value is -2.02. The first-order valence-electron chi connectivity index (χ1n) is 6.05. The number of anilines is 1. The first-order valence-corrected chi connectivity index (χ1v) is 6.86. The van der Waals surface area contributed by atoms with Crippen molar-refractivity contribution >= 4 is 22.4 Å². The maximum Gasteiger partial charge on any atom is 0.282 e. The number of hydrogen-bond donors (Lipinski definition) is 2. The van der Waals surface area contributed by atoms with Crippen molar-refractivity contribution in [3.63, 3.8) is 0 Å². The summed E-state index contributed by atoms with van der Waals surface area (Å²) in [5, 5.41) is 14.6. The highest BCUT2D eigenvalue weighted by Gasteiger charge is 2.11. The van der Waals surface area contributed by atoms with Gasteiger partial charge in [-0.25, -0.2) is 0 Å². The van der Waals surface area contributed by atoms with Crippen LogP contribution < -0.4 is 10.6 Å².